The summed E-state index contributed by atoms with van der Waals surface area (Å²) in [4.78, 5) is 26.5. The Kier molecular flexibility index (Phi) is 7.29. The molecule has 4 rings (SSSR count). The zero-order valence-electron chi connectivity index (χ0n) is 17.2. The second-order valence-corrected chi connectivity index (χ2v) is 7.55. The van der Waals surface area contributed by atoms with Gasteiger partial charge in [-0.15, -0.1) is 16.7 Å². The molecule has 8 nitrogen and oxygen atoms in total. The van der Waals surface area contributed by atoms with Gasteiger partial charge in [-0.25, -0.2) is 4.79 Å². The van der Waals surface area contributed by atoms with Crippen LogP contribution in [0, 0.1) is 5.92 Å². The van der Waals surface area contributed by atoms with Gasteiger partial charge in [0, 0.05) is 26.2 Å². The van der Waals surface area contributed by atoms with Gasteiger partial charge in [0.25, 0.3) is 5.91 Å². The lowest BCUT2D eigenvalue weighted by molar-refractivity contribution is -0.138. The number of aromatic carboxylic acids is 1. The smallest absolute Gasteiger partial charge is 0.417 e. The fourth-order valence-corrected chi connectivity index (χ4v) is 3.16. The lowest BCUT2D eigenvalue weighted by Gasteiger charge is -2.35. The molecule has 2 fully saturated rings. The predicted molar refractivity (Wildman–Crippen MR) is 110 cm³/mol. The van der Waals surface area contributed by atoms with Crippen molar-refractivity contribution in [2.75, 3.05) is 37.6 Å². The number of nitrogens with zero attached hydrogens (tertiary/aromatic N) is 4. The first-order valence-corrected chi connectivity index (χ1v) is 10.1. The van der Waals surface area contributed by atoms with E-state index in [0.29, 0.717) is 25.5 Å². The summed E-state index contributed by atoms with van der Waals surface area (Å²) in [7, 11) is 0. The Morgan fingerprint density at radius 3 is 2.16 bits per heavy atom. The van der Waals surface area contributed by atoms with Crippen molar-refractivity contribution >= 4 is 17.7 Å². The van der Waals surface area contributed by atoms with Crippen LogP contribution < -0.4 is 4.90 Å². The van der Waals surface area contributed by atoms with Crippen LogP contribution in [0.4, 0.5) is 19.0 Å². The minimum Gasteiger partial charge on any atom is -0.677 e. The average Bonchev–Trinajstić information content (AvgIpc) is 3.63. The van der Waals surface area contributed by atoms with Gasteiger partial charge in [0.15, 0.2) is 11.5 Å². The molecule has 1 saturated heterocycles. The lowest BCUT2D eigenvalue weighted by Crippen LogP contribution is -2.49. The summed E-state index contributed by atoms with van der Waals surface area (Å²) < 4.78 is 39.3. The molecule has 172 valence electrons. The Bertz CT molecular complexity index is 940. The zero-order chi connectivity index (χ0) is 23.3. The molecule has 1 aromatic heterocycles. The van der Waals surface area contributed by atoms with E-state index in [1.165, 1.54) is 48.1 Å². The summed E-state index contributed by atoms with van der Waals surface area (Å²) in [6.07, 6.45) is -1.96. The summed E-state index contributed by atoms with van der Waals surface area (Å²) in [6, 6.07) is 7.54. The number of hydrogen-bond donors (Lipinski definition) is 1. The summed E-state index contributed by atoms with van der Waals surface area (Å²) in [5.41, 5.74) is 5.21. The standard InChI is InChI=1S/C17H15F3N4O3.C4H8N/c18-17(19,20)12-4-2-1-3-11(12)15(25)24-9-7-23(8-10-24)14-6-5-13(16(26)27)21-22-14;5-3-4-1-2-4/h1-6H,7-10H2,(H,26,27);4-5H,1-3H2/q;-1. The molecule has 2 N–H and O–H groups in total. The number of aromatic nitrogens is 2. The van der Waals surface area contributed by atoms with Gasteiger partial charge in [-0.1, -0.05) is 30.9 Å². The third-order valence-corrected chi connectivity index (χ3v) is 5.21. The van der Waals surface area contributed by atoms with Crippen molar-refractivity contribution in [1.82, 2.24) is 15.1 Å². The summed E-state index contributed by atoms with van der Waals surface area (Å²) in [6.45, 7) is 1.79. The van der Waals surface area contributed by atoms with Crippen LogP contribution in [-0.2, 0) is 6.18 Å². The molecule has 11 heteroatoms. The molecule has 0 spiro atoms. The quantitative estimate of drug-likeness (QED) is 0.762. The van der Waals surface area contributed by atoms with E-state index < -0.39 is 23.6 Å². The second kappa shape index (κ2) is 9.94. The Balaban J connectivity index is 0.000000509. The second-order valence-electron chi connectivity index (χ2n) is 7.55. The van der Waals surface area contributed by atoms with E-state index >= 15 is 0 Å². The largest absolute Gasteiger partial charge is 0.677 e. The monoisotopic (exact) mass is 450 g/mol. The third-order valence-electron chi connectivity index (χ3n) is 5.21. The first kappa shape index (κ1) is 23.5. The van der Waals surface area contributed by atoms with E-state index in [0.717, 1.165) is 12.0 Å². The first-order chi connectivity index (χ1) is 15.2. The Morgan fingerprint density at radius 1 is 1.03 bits per heavy atom. The third kappa shape index (κ3) is 5.94. The number of nitrogens with one attached hydrogen (secondary N) is 1. The van der Waals surface area contributed by atoms with Crippen LogP contribution in [0.1, 0.15) is 39.3 Å². The summed E-state index contributed by atoms with van der Waals surface area (Å²) >= 11 is 0. The number of halogens is 3. The number of rotatable bonds is 4. The van der Waals surface area contributed by atoms with Crippen molar-refractivity contribution in [3.8, 4) is 0 Å². The van der Waals surface area contributed by atoms with Crippen LogP contribution in [0.2, 0.25) is 0 Å². The van der Waals surface area contributed by atoms with Gasteiger partial charge in [0.1, 0.15) is 0 Å². The Morgan fingerprint density at radius 2 is 1.69 bits per heavy atom. The van der Waals surface area contributed by atoms with E-state index in [9.17, 15) is 22.8 Å². The molecule has 1 amide bonds. The predicted octanol–water partition coefficient (Wildman–Crippen LogP) is 3.60. The van der Waals surface area contributed by atoms with Gasteiger partial charge in [-0.2, -0.15) is 13.2 Å². The van der Waals surface area contributed by atoms with Gasteiger partial charge < -0.3 is 20.6 Å². The van der Waals surface area contributed by atoms with E-state index in [4.69, 9.17) is 10.8 Å². The number of benzene rings is 1. The molecule has 0 atom stereocenters. The molecular weight excluding hydrogens is 427 g/mol. The average molecular weight is 450 g/mol. The summed E-state index contributed by atoms with van der Waals surface area (Å²) in [5, 5.41) is 16.3. The minimum absolute atomic E-state index is 0.184. The van der Waals surface area contributed by atoms with E-state index in [-0.39, 0.29) is 24.3 Å². The Labute approximate surface area is 182 Å². The van der Waals surface area contributed by atoms with Crippen molar-refractivity contribution in [3.05, 3.63) is 59.0 Å². The van der Waals surface area contributed by atoms with Crippen molar-refractivity contribution in [2.24, 2.45) is 5.92 Å². The minimum atomic E-state index is -4.60. The van der Waals surface area contributed by atoms with Gasteiger partial charge in [-0.3, -0.25) is 4.79 Å². The van der Waals surface area contributed by atoms with Gasteiger partial charge >= 0.3 is 12.1 Å². The number of alkyl halides is 3. The fraction of sp³-hybridized carbons (Fsp3) is 0.429. The van der Waals surface area contributed by atoms with E-state index in [1.807, 2.05) is 0 Å². The first-order valence-electron chi connectivity index (χ1n) is 10.1. The molecule has 2 aromatic rings. The molecule has 2 aliphatic rings. The van der Waals surface area contributed by atoms with Crippen molar-refractivity contribution in [1.29, 1.82) is 0 Å². The number of hydrogen-bond acceptors (Lipinski definition) is 5. The molecular formula is C21H23F3N5O3-. The maximum absolute atomic E-state index is 13.1. The number of carbonyl (C=O) groups is 2. The molecule has 32 heavy (non-hydrogen) atoms. The molecule has 2 heterocycles. The fourth-order valence-electron chi connectivity index (χ4n) is 3.16. The Hall–Kier alpha value is -3.21. The molecule has 0 radical (unpaired) electrons. The van der Waals surface area contributed by atoms with Gasteiger partial charge in [0.05, 0.1) is 11.1 Å². The van der Waals surface area contributed by atoms with Crippen molar-refractivity contribution < 1.29 is 27.9 Å². The van der Waals surface area contributed by atoms with Crippen LogP contribution in [0.25, 0.3) is 5.73 Å². The molecule has 1 aliphatic carbocycles. The molecule has 1 saturated carbocycles. The number of amides is 1. The molecule has 0 bridgehead atoms. The van der Waals surface area contributed by atoms with Crippen molar-refractivity contribution in [2.45, 2.75) is 19.0 Å². The van der Waals surface area contributed by atoms with Crippen LogP contribution in [0.5, 0.6) is 0 Å². The van der Waals surface area contributed by atoms with E-state index in [2.05, 4.69) is 10.2 Å². The highest BCUT2D eigenvalue weighted by Crippen LogP contribution is 2.32. The maximum Gasteiger partial charge on any atom is 0.417 e. The van der Waals surface area contributed by atoms with Crippen molar-refractivity contribution in [3.63, 3.8) is 0 Å². The molecule has 0 unspecified atom stereocenters. The van der Waals surface area contributed by atoms with Crippen LogP contribution in [0.3, 0.4) is 0 Å². The number of carboxylic acid groups (broad SMARTS) is 1. The normalized spacial score (nSPS) is 16.2. The maximum atomic E-state index is 13.1. The highest BCUT2D eigenvalue weighted by molar-refractivity contribution is 5.96. The van der Waals surface area contributed by atoms with Gasteiger partial charge in [-0.05, 0) is 24.3 Å². The number of carboxylic acids is 1. The number of carbonyl (C=O) groups excluding carboxylic acids is 1. The van der Waals surface area contributed by atoms with Crippen LogP contribution >= 0.6 is 0 Å². The molecule has 1 aromatic carbocycles. The highest BCUT2D eigenvalue weighted by Gasteiger charge is 2.36. The summed E-state index contributed by atoms with van der Waals surface area (Å²) in [5.74, 6) is -0.611. The van der Waals surface area contributed by atoms with Crippen LogP contribution in [0.15, 0.2) is 36.4 Å². The zero-order valence-corrected chi connectivity index (χ0v) is 17.2. The SMILES string of the molecule is O=C(O)c1ccc(N2CCN(C(=O)c3ccccc3C(F)(F)F)CC2)nn1.[NH-]CC1CC1. The molecule has 1 aliphatic heterocycles. The van der Waals surface area contributed by atoms with Gasteiger partial charge in [0.2, 0.25) is 0 Å². The number of piperazine rings is 1. The van der Waals surface area contributed by atoms with E-state index in [1.54, 1.807) is 4.90 Å². The topological polar surface area (TPSA) is 110 Å². The highest BCUT2D eigenvalue weighted by atomic mass is 19.4. The lowest BCUT2D eigenvalue weighted by atomic mass is 10.1. The number of anilines is 1. The van der Waals surface area contributed by atoms with Crippen LogP contribution in [-0.4, -0.2) is 64.8 Å².